The van der Waals surface area contributed by atoms with Gasteiger partial charge in [-0.15, -0.1) is 0 Å². The molecule has 0 bridgehead atoms. The summed E-state index contributed by atoms with van der Waals surface area (Å²) in [6.45, 7) is 1.59. The molecule has 7 heteroatoms. The first-order valence-corrected chi connectivity index (χ1v) is 10.8. The van der Waals surface area contributed by atoms with Crippen molar-refractivity contribution in [3.8, 4) is 0 Å². The lowest BCUT2D eigenvalue weighted by molar-refractivity contribution is -0.111. The normalized spacial score (nSPS) is 14.0. The second-order valence-corrected chi connectivity index (χ2v) is 8.90. The fraction of sp³-hybridized carbons (Fsp3) is 0.238. The zero-order valence-corrected chi connectivity index (χ0v) is 16.3. The summed E-state index contributed by atoms with van der Waals surface area (Å²) in [4.78, 5) is 24.2. The molecule has 1 fully saturated rings. The molecule has 2 aromatic carbocycles. The van der Waals surface area contributed by atoms with Gasteiger partial charge in [-0.1, -0.05) is 19.1 Å². The Morgan fingerprint density at radius 2 is 1.68 bits per heavy atom. The van der Waals surface area contributed by atoms with Crippen molar-refractivity contribution in [2.75, 3.05) is 11.1 Å². The van der Waals surface area contributed by atoms with E-state index in [-0.39, 0.29) is 22.5 Å². The van der Waals surface area contributed by atoms with E-state index in [0.29, 0.717) is 17.3 Å². The van der Waals surface area contributed by atoms with Crippen LogP contribution in [-0.2, 0) is 14.6 Å². The number of hydrogen-bond donors (Lipinski definition) is 2. The number of carbonyl (C=O) groups excluding carboxylic acids is 2. The van der Waals surface area contributed by atoms with Crippen LogP contribution in [0.15, 0.2) is 59.5 Å². The molecule has 0 heterocycles. The molecule has 0 aliphatic heterocycles. The Bertz CT molecular complexity index is 990. The molecule has 0 saturated heterocycles. The summed E-state index contributed by atoms with van der Waals surface area (Å²) in [5.74, 6) is -0.381. The predicted octanol–water partition coefficient (Wildman–Crippen LogP) is 3.02. The van der Waals surface area contributed by atoms with E-state index in [9.17, 15) is 18.0 Å². The van der Waals surface area contributed by atoms with Gasteiger partial charge >= 0.3 is 0 Å². The minimum absolute atomic E-state index is 0.0302. The first-order chi connectivity index (χ1) is 13.4. The average Bonchev–Trinajstić information content (AvgIpc) is 3.51. The monoisotopic (exact) mass is 398 g/mol. The lowest BCUT2D eigenvalue weighted by Gasteiger charge is -2.05. The summed E-state index contributed by atoms with van der Waals surface area (Å²) in [5.41, 5.74) is 1.90. The lowest BCUT2D eigenvalue weighted by Crippen LogP contribution is -2.25. The van der Waals surface area contributed by atoms with Crippen LogP contribution in [0.4, 0.5) is 5.69 Å². The zero-order chi connectivity index (χ0) is 20.1. The van der Waals surface area contributed by atoms with Crippen LogP contribution in [0.3, 0.4) is 0 Å². The highest BCUT2D eigenvalue weighted by molar-refractivity contribution is 7.91. The molecule has 0 radical (unpaired) electrons. The van der Waals surface area contributed by atoms with E-state index >= 15 is 0 Å². The fourth-order valence-corrected chi connectivity index (χ4v) is 3.39. The maximum Gasteiger partial charge on any atom is 0.251 e. The van der Waals surface area contributed by atoms with Crippen molar-refractivity contribution in [2.45, 2.75) is 30.7 Å². The average molecular weight is 398 g/mol. The van der Waals surface area contributed by atoms with Crippen LogP contribution in [0.2, 0.25) is 0 Å². The zero-order valence-electron chi connectivity index (χ0n) is 15.5. The maximum absolute atomic E-state index is 12.0. The van der Waals surface area contributed by atoms with E-state index in [2.05, 4.69) is 10.6 Å². The Kier molecular flexibility index (Phi) is 5.94. The number of anilines is 1. The van der Waals surface area contributed by atoms with Crippen molar-refractivity contribution < 1.29 is 18.0 Å². The third kappa shape index (κ3) is 5.29. The van der Waals surface area contributed by atoms with Gasteiger partial charge in [0.05, 0.1) is 10.6 Å². The second kappa shape index (κ2) is 8.39. The topological polar surface area (TPSA) is 92.3 Å². The molecule has 2 amide bonds. The Hall–Kier alpha value is -2.93. The Morgan fingerprint density at radius 3 is 2.25 bits per heavy atom. The minimum Gasteiger partial charge on any atom is -0.349 e. The van der Waals surface area contributed by atoms with Gasteiger partial charge in [-0.2, -0.15) is 0 Å². The summed E-state index contributed by atoms with van der Waals surface area (Å²) < 4.78 is 23.6. The Morgan fingerprint density at radius 1 is 1.04 bits per heavy atom. The molecule has 2 aromatic rings. The number of amides is 2. The summed E-state index contributed by atoms with van der Waals surface area (Å²) in [6.07, 6.45) is 5.11. The van der Waals surface area contributed by atoms with Gasteiger partial charge < -0.3 is 10.6 Å². The van der Waals surface area contributed by atoms with Gasteiger partial charge in [0, 0.05) is 23.4 Å². The van der Waals surface area contributed by atoms with Gasteiger partial charge in [0.1, 0.15) is 0 Å². The number of hydrogen-bond acceptors (Lipinski definition) is 4. The quantitative estimate of drug-likeness (QED) is 0.701. The molecule has 3 rings (SSSR count). The van der Waals surface area contributed by atoms with Gasteiger partial charge in [0.15, 0.2) is 9.84 Å². The van der Waals surface area contributed by atoms with Gasteiger partial charge in [-0.3, -0.25) is 9.59 Å². The minimum atomic E-state index is -3.26. The van der Waals surface area contributed by atoms with Gasteiger partial charge in [-0.25, -0.2) is 8.42 Å². The van der Waals surface area contributed by atoms with E-state index < -0.39 is 9.84 Å². The second-order valence-electron chi connectivity index (χ2n) is 6.62. The third-order valence-corrected chi connectivity index (χ3v) is 6.12. The van der Waals surface area contributed by atoms with E-state index in [1.165, 1.54) is 18.2 Å². The highest BCUT2D eigenvalue weighted by Crippen LogP contribution is 2.19. The molecular weight excluding hydrogens is 376 g/mol. The third-order valence-electron chi connectivity index (χ3n) is 4.37. The standard InChI is InChI=1S/C21H22N2O4S/c1-2-28(26,27)19-12-10-17(11-13-19)22-20(24)14-5-15-3-6-16(7-4-15)21(25)23-18-8-9-18/h3-7,10-14,18H,2,8-9H2,1H3,(H,22,24)(H,23,25)/b14-5+. The molecule has 1 saturated carbocycles. The molecule has 0 aromatic heterocycles. The number of rotatable bonds is 7. The Balaban J connectivity index is 1.56. The van der Waals surface area contributed by atoms with Crippen LogP contribution in [-0.4, -0.2) is 32.0 Å². The smallest absolute Gasteiger partial charge is 0.251 e. The lowest BCUT2D eigenvalue weighted by atomic mass is 10.1. The fourth-order valence-electron chi connectivity index (χ4n) is 2.51. The maximum atomic E-state index is 12.0. The first-order valence-electron chi connectivity index (χ1n) is 9.10. The van der Waals surface area contributed by atoms with E-state index in [1.807, 2.05) is 0 Å². The van der Waals surface area contributed by atoms with Crippen molar-refractivity contribution in [1.29, 1.82) is 0 Å². The molecule has 2 N–H and O–H groups in total. The number of benzene rings is 2. The largest absolute Gasteiger partial charge is 0.349 e. The highest BCUT2D eigenvalue weighted by atomic mass is 32.2. The van der Waals surface area contributed by atoms with Crippen LogP contribution in [0, 0.1) is 0 Å². The highest BCUT2D eigenvalue weighted by Gasteiger charge is 2.23. The van der Waals surface area contributed by atoms with E-state index in [0.717, 1.165) is 18.4 Å². The SMILES string of the molecule is CCS(=O)(=O)c1ccc(NC(=O)/C=C/c2ccc(C(=O)NC3CC3)cc2)cc1. The van der Waals surface area contributed by atoms with Gasteiger partial charge in [-0.05, 0) is 60.9 Å². The summed E-state index contributed by atoms with van der Waals surface area (Å²) >= 11 is 0. The van der Waals surface area contributed by atoms with Crippen LogP contribution in [0.25, 0.3) is 6.08 Å². The van der Waals surface area contributed by atoms with Crippen LogP contribution < -0.4 is 10.6 Å². The van der Waals surface area contributed by atoms with Crippen molar-refractivity contribution in [1.82, 2.24) is 5.32 Å². The number of nitrogens with one attached hydrogen (secondary N) is 2. The van der Waals surface area contributed by atoms with Crippen molar-refractivity contribution in [3.63, 3.8) is 0 Å². The summed E-state index contributed by atoms with van der Waals surface area (Å²) in [6, 6.07) is 13.4. The van der Waals surface area contributed by atoms with Gasteiger partial charge in [0.2, 0.25) is 5.91 Å². The van der Waals surface area contributed by atoms with Crippen molar-refractivity contribution in [2.24, 2.45) is 0 Å². The molecule has 0 unspecified atom stereocenters. The molecule has 0 atom stereocenters. The molecule has 0 spiro atoms. The van der Waals surface area contributed by atoms with Crippen molar-refractivity contribution in [3.05, 3.63) is 65.7 Å². The van der Waals surface area contributed by atoms with E-state index in [4.69, 9.17) is 0 Å². The molecule has 146 valence electrons. The van der Waals surface area contributed by atoms with Crippen LogP contribution in [0.1, 0.15) is 35.7 Å². The molecule has 28 heavy (non-hydrogen) atoms. The van der Waals surface area contributed by atoms with E-state index in [1.54, 1.807) is 49.4 Å². The molecular formula is C21H22N2O4S. The molecule has 6 nitrogen and oxygen atoms in total. The summed E-state index contributed by atoms with van der Waals surface area (Å²) in [5, 5.41) is 5.61. The number of carbonyl (C=O) groups is 2. The molecule has 1 aliphatic carbocycles. The number of sulfone groups is 1. The van der Waals surface area contributed by atoms with Crippen molar-refractivity contribution >= 4 is 33.4 Å². The summed E-state index contributed by atoms with van der Waals surface area (Å²) in [7, 11) is -3.26. The predicted molar refractivity (Wildman–Crippen MR) is 109 cm³/mol. The van der Waals surface area contributed by atoms with Gasteiger partial charge in [0.25, 0.3) is 5.91 Å². The Labute approximate surface area is 164 Å². The first kappa shape index (κ1) is 19.8. The van der Waals surface area contributed by atoms with Crippen LogP contribution >= 0.6 is 0 Å². The molecule has 1 aliphatic rings. The van der Waals surface area contributed by atoms with Crippen LogP contribution in [0.5, 0.6) is 0 Å².